The number of aromatic nitrogens is 1. The Labute approximate surface area is 257 Å². The largest absolute Gasteiger partial charge is 0.497 e. The number of hydrogen-bond acceptors (Lipinski definition) is 6. The van der Waals surface area contributed by atoms with Gasteiger partial charge in [-0.2, -0.15) is 0 Å². The van der Waals surface area contributed by atoms with E-state index < -0.39 is 29.6 Å². The van der Waals surface area contributed by atoms with Crippen molar-refractivity contribution in [2.24, 2.45) is 11.8 Å². The zero-order chi connectivity index (χ0) is 31.1. The van der Waals surface area contributed by atoms with Gasteiger partial charge in [-0.1, -0.05) is 49.6 Å². The minimum atomic E-state index is -1.15. The molecule has 0 unspecified atom stereocenters. The van der Waals surface area contributed by atoms with Crippen LogP contribution in [0.2, 0.25) is 0 Å². The zero-order valence-electron chi connectivity index (χ0n) is 25.2. The highest BCUT2D eigenvalue weighted by Gasteiger charge is 2.36. The Balaban J connectivity index is 1.35. The van der Waals surface area contributed by atoms with Gasteiger partial charge in [0.15, 0.2) is 5.78 Å². The van der Waals surface area contributed by atoms with Gasteiger partial charge in [0, 0.05) is 41.6 Å². The van der Waals surface area contributed by atoms with Crippen LogP contribution in [0.25, 0.3) is 10.9 Å². The summed E-state index contributed by atoms with van der Waals surface area (Å²) in [6, 6.07) is 15.4. The highest BCUT2D eigenvalue weighted by Crippen LogP contribution is 2.27. The standard InChI is InChI=1S/C35H41N3O6/c1-44-27-15-16-28-24(18-27)20-29(37-28)32(40)21-25(17-22-9-4-2-5-10-22)34(42)38-30(19-23-11-8-14-31(23)39)33(41)35(43)36-26-12-6-3-7-13-26/h2,4-5,9-10,15-16,18,20,23,25-26,30,37H,3,6-8,11-14,17,19,21H2,1H3,(H,36,43)(H,38,42)/t23-,25+,30-/m0/s1. The molecule has 2 fully saturated rings. The van der Waals surface area contributed by atoms with Crippen molar-refractivity contribution in [1.29, 1.82) is 0 Å². The number of ether oxygens (including phenoxy) is 1. The molecular formula is C35H41N3O6. The van der Waals surface area contributed by atoms with Crippen LogP contribution in [0.3, 0.4) is 0 Å². The maximum Gasteiger partial charge on any atom is 0.289 e. The van der Waals surface area contributed by atoms with Gasteiger partial charge in [-0.3, -0.25) is 24.0 Å². The zero-order valence-corrected chi connectivity index (χ0v) is 25.2. The van der Waals surface area contributed by atoms with Gasteiger partial charge in [0.25, 0.3) is 5.91 Å². The fraction of sp³-hybridized carbons (Fsp3) is 0.457. The molecule has 1 heterocycles. The molecule has 9 heteroatoms. The van der Waals surface area contributed by atoms with Crippen molar-refractivity contribution in [3.63, 3.8) is 0 Å². The van der Waals surface area contributed by atoms with Crippen molar-refractivity contribution in [2.45, 2.75) is 82.7 Å². The van der Waals surface area contributed by atoms with Gasteiger partial charge in [0.2, 0.25) is 11.7 Å². The second kappa shape index (κ2) is 14.5. The van der Waals surface area contributed by atoms with E-state index in [0.29, 0.717) is 24.3 Å². The number of carbonyl (C=O) groups excluding carboxylic acids is 5. The molecule has 2 aromatic carbocycles. The number of rotatable bonds is 13. The number of fused-ring (bicyclic) bond motifs is 1. The molecule has 0 bridgehead atoms. The van der Waals surface area contributed by atoms with E-state index in [1.807, 2.05) is 42.5 Å². The van der Waals surface area contributed by atoms with Gasteiger partial charge in [-0.05, 0) is 68.4 Å². The summed E-state index contributed by atoms with van der Waals surface area (Å²) in [5.74, 6) is -2.67. The average molecular weight is 600 g/mol. The number of benzene rings is 2. The van der Waals surface area contributed by atoms with Gasteiger partial charge in [0.1, 0.15) is 11.5 Å². The fourth-order valence-electron chi connectivity index (χ4n) is 6.48. The molecule has 0 saturated heterocycles. The molecule has 232 valence electrons. The molecule has 3 aromatic rings. The summed E-state index contributed by atoms with van der Waals surface area (Å²) in [5.41, 5.74) is 2.01. The third kappa shape index (κ3) is 7.81. The Bertz CT molecular complexity index is 1510. The van der Waals surface area contributed by atoms with E-state index in [2.05, 4.69) is 15.6 Å². The molecule has 9 nitrogen and oxygen atoms in total. The maximum absolute atomic E-state index is 13.9. The van der Waals surface area contributed by atoms with E-state index in [9.17, 15) is 24.0 Å². The highest BCUT2D eigenvalue weighted by molar-refractivity contribution is 6.38. The number of Topliss-reactive ketones (excluding diaryl/α,β-unsaturated/α-hetero) is 3. The molecule has 44 heavy (non-hydrogen) atoms. The number of methoxy groups -OCH3 is 1. The number of H-pyrrole nitrogens is 1. The van der Waals surface area contributed by atoms with Crippen LogP contribution in [-0.4, -0.2) is 53.3 Å². The lowest BCUT2D eigenvalue weighted by atomic mass is 9.90. The Morgan fingerprint density at radius 2 is 1.73 bits per heavy atom. The summed E-state index contributed by atoms with van der Waals surface area (Å²) in [4.78, 5) is 69.7. The summed E-state index contributed by atoms with van der Waals surface area (Å²) in [6.45, 7) is 0. The number of aromatic amines is 1. The van der Waals surface area contributed by atoms with Crippen LogP contribution in [0.4, 0.5) is 0 Å². The number of amides is 2. The van der Waals surface area contributed by atoms with Crippen molar-refractivity contribution >= 4 is 40.1 Å². The molecule has 2 amide bonds. The fourth-order valence-corrected chi connectivity index (χ4v) is 6.48. The monoisotopic (exact) mass is 599 g/mol. The van der Waals surface area contributed by atoms with Crippen molar-refractivity contribution < 1.29 is 28.7 Å². The third-order valence-electron chi connectivity index (χ3n) is 9.00. The molecule has 5 rings (SSSR count). The second-order valence-electron chi connectivity index (χ2n) is 12.2. The summed E-state index contributed by atoms with van der Waals surface area (Å²) >= 11 is 0. The summed E-state index contributed by atoms with van der Waals surface area (Å²) in [6.07, 6.45) is 6.77. The van der Waals surface area contributed by atoms with Crippen LogP contribution < -0.4 is 15.4 Å². The van der Waals surface area contributed by atoms with Gasteiger partial charge in [0.05, 0.1) is 18.8 Å². The van der Waals surface area contributed by atoms with Gasteiger partial charge >= 0.3 is 0 Å². The Morgan fingerprint density at radius 3 is 2.43 bits per heavy atom. The van der Waals surface area contributed by atoms with Gasteiger partial charge in [-0.25, -0.2) is 0 Å². The number of hydrogen-bond donors (Lipinski definition) is 3. The van der Waals surface area contributed by atoms with Crippen molar-refractivity contribution in [2.75, 3.05) is 7.11 Å². The molecule has 0 spiro atoms. The molecule has 0 radical (unpaired) electrons. The Hall–Kier alpha value is -4.27. The first-order chi connectivity index (χ1) is 21.3. The highest BCUT2D eigenvalue weighted by atomic mass is 16.5. The lowest BCUT2D eigenvalue weighted by Gasteiger charge is -2.26. The Kier molecular flexibility index (Phi) is 10.2. The van der Waals surface area contributed by atoms with E-state index in [1.165, 1.54) is 0 Å². The number of carbonyl (C=O) groups is 5. The second-order valence-corrected chi connectivity index (χ2v) is 12.2. The van der Waals surface area contributed by atoms with Crippen molar-refractivity contribution in [1.82, 2.24) is 15.6 Å². The summed E-state index contributed by atoms with van der Waals surface area (Å²) in [7, 11) is 1.58. The van der Waals surface area contributed by atoms with Crippen molar-refractivity contribution in [3.05, 3.63) is 65.9 Å². The van der Waals surface area contributed by atoms with Gasteiger partial charge in [-0.15, -0.1) is 0 Å². The van der Waals surface area contributed by atoms with Crippen molar-refractivity contribution in [3.8, 4) is 5.75 Å². The number of nitrogens with one attached hydrogen (secondary N) is 3. The van der Waals surface area contributed by atoms with Crippen LogP contribution >= 0.6 is 0 Å². The Morgan fingerprint density at radius 1 is 0.955 bits per heavy atom. The lowest BCUT2D eigenvalue weighted by molar-refractivity contribution is -0.141. The first kappa shape index (κ1) is 31.2. The van der Waals surface area contributed by atoms with Crippen LogP contribution in [0.1, 0.15) is 80.3 Å². The molecule has 3 N–H and O–H groups in total. The van der Waals surface area contributed by atoms with E-state index in [1.54, 1.807) is 19.2 Å². The SMILES string of the molecule is COc1ccc2[nH]c(C(=O)C[C@@H](Cc3ccccc3)C(=O)N[C@@H](C[C@@H]3CCCC3=O)C(=O)C(=O)NC3CCCCC3)cc2c1. The van der Waals surface area contributed by atoms with Crippen LogP contribution in [0.15, 0.2) is 54.6 Å². The molecular weight excluding hydrogens is 558 g/mol. The predicted molar refractivity (Wildman–Crippen MR) is 166 cm³/mol. The molecule has 1 aromatic heterocycles. The van der Waals surface area contributed by atoms with E-state index >= 15 is 0 Å². The van der Waals surface area contributed by atoms with Crippen LogP contribution in [0, 0.1) is 11.8 Å². The van der Waals surface area contributed by atoms with E-state index in [-0.39, 0.29) is 42.8 Å². The normalized spacial score (nSPS) is 18.5. The summed E-state index contributed by atoms with van der Waals surface area (Å²) in [5, 5.41) is 6.49. The quantitative estimate of drug-likeness (QED) is 0.190. The smallest absolute Gasteiger partial charge is 0.289 e. The van der Waals surface area contributed by atoms with Gasteiger partial charge < -0.3 is 20.4 Å². The third-order valence-corrected chi connectivity index (χ3v) is 9.00. The first-order valence-electron chi connectivity index (χ1n) is 15.7. The predicted octanol–water partition coefficient (Wildman–Crippen LogP) is 4.87. The molecule has 2 aliphatic rings. The lowest BCUT2D eigenvalue weighted by Crippen LogP contribution is -2.52. The molecule has 3 atom stereocenters. The minimum Gasteiger partial charge on any atom is -0.497 e. The number of ketones is 3. The molecule has 2 saturated carbocycles. The summed E-state index contributed by atoms with van der Waals surface area (Å²) < 4.78 is 5.30. The van der Waals surface area contributed by atoms with Crippen LogP contribution in [0.5, 0.6) is 5.75 Å². The van der Waals surface area contributed by atoms with E-state index in [4.69, 9.17) is 4.74 Å². The van der Waals surface area contributed by atoms with E-state index in [0.717, 1.165) is 55.0 Å². The topological polar surface area (TPSA) is 134 Å². The van der Waals surface area contributed by atoms with Crippen LogP contribution in [-0.2, 0) is 25.6 Å². The first-order valence-corrected chi connectivity index (χ1v) is 15.7. The maximum atomic E-state index is 13.9. The minimum absolute atomic E-state index is 0.0520. The molecule has 0 aliphatic heterocycles. The average Bonchev–Trinajstić information content (AvgIpc) is 3.66. The molecule has 2 aliphatic carbocycles.